The van der Waals surface area contributed by atoms with Crippen LogP contribution in [0.5, 0.6) is 0 Å². The van der Waals surface area contributed by atoms with Gasteiger partial charge in [0, 0.05) is 0 Å². The fourth-order valence-electron chi connectivity index (χ4n) is 4.66. The van der Waals surface area contributed by atoms with Crippen LogP contribution in [0.1, 0.15) is 84.5 Å². The predicted molar refractivity (Wildman–Crippen MR) is 76.1 cm³/mol. The van der Waals surface area contributed by atoms with Crippen molar-refractivity contribution in [3.8, 4) is 0 Å². The van der Waals surface area contributed by atoms with E-state index in [0.717, 1.165) is 23.7 Å². The molecule has 2 rings (SSSR count). The minimum absolute atomic E-state index is 1.07. The second-order valence-corrected chi connectivity index (χ2v) is 6.67. The highest BCUT2D eigenvalue weighted by Gasteiger charge is 2.32. The van der Waals surface area contributed by atoms with E-state index in [2.05, 4.69) is 13.8 Å². The molecular weight excluding hydrogens is 204 g/mol. The first-order chi connectivity index (χ1) is 8.35. The molecule has 0 bridgehead atoms. The largest absolute Gasteiger partial charge is 0.0651 e. The maximum Gasteiger partial charge on any atom is -0.0355 e. The van der Waals surface area contributed by atoms with Gasteiger partial charge in [-0.1, -0.05) is 78.1 Å². The predicted octanol–water partition coefficient (Wildman–Crippen LogP) is 5.81. The Bertz CT molecular complexity index is 190. The molecule has 2 aliphatic carbocycles. The molecule has 0 radical (unpaired) electrons. The van der Waals surface area contributed by atoms with Gasteiger partial charge in [0.25, 0.3) is 0 Å². The van der Waals surface area contributed by atoms with E-state index in [-0.39, 0.29) is 0 Å². The van der Waals surface area contributed by atoms with Gasteiger partial charge in [-0.2, -0.15) is 0 Å². The Balaban J connectivity index is 1.92. The van der Waals surface area contributed by atoms with Crippen molar-refractivity contribution in [2.45, 2.75) is 84.5 Å². The maximum atomic E-state index is 2.43. The van der Waals surface area contributed by atoms with Gasteiger partial charge in [0.1, 0.15) is 0 Å². The summed E-state index contributed by atoms with van der Waals surface area (Å²) in [6.45, 7) is 4.85. The molecule has 0 heterocycles. The van der Waals surface area contributed by atoms with E-state index in [4.69, 9.17) is 0 Å². The lowest BCUT2D eigenvalue weighted by molar-refractivity contribution is 0.106. The quantitative estimate of drug-likeness (QED) is 0.578. The minimum atomic E-state index is 1.07. The molecule has 0 amide bonds. The Morgan fingerprint density at radius 2 is 1.29 bits per heavy atom. The molecular formula is C17H32. The van der Waals surface area contributed by atoms with Crippen molar-refractivity contribution in [3.05, 3.63) is 0 Å². The maximum absolute atomic E-state index is 2.43. The van der Waals surface area contributed by atoms with Crippen molar-refractivity contribution in [1.29, 1.82) is 0 Å². The van der Waals surface area contributed by atoms with Crippen LogP contribution in [0, 0.1) is 23.7 Å². The molecule has 2 unspecified atom stereocenters. The van der Waals surface area contributed by atoms with Gasteiger partial charge in [0.15, 0.2) is 0 Å². The summed E-state index contributed by atoms with van der Waals surface area (Å²) in [4.78, 5) is 0. The average Bonchev–Trinajstić information content (AvgIpc) is 2.40. The molecule has 2 atom stereocenters. The molecule has 0 nitrogen and oxygen atoms in total. The lowest BCUT2D eigenvalue weighted by atomic mass is 9.65. The smallest absolute Gasteiger partial charge is 0.0355 e. The third kappa shape index (κ3) is 3.48. The summed E-state index contributed by atoms with van der Waals surface area (Å²) >= 11 is 0. The normalized spacial score (nSPS) is 36.0. The zero-order chi connectivity index (χ0) is 12.1. The van der Waals surface area contributed by atoms with E-state index in [0.29, 0.717) is 0 Å². The third-order valence-electron chi connectivity index (χ3n) is 5.74. The Morgan fingerprint density at radius 1 is 0.706 bits per heavy atom. The Kier molecular flexibility index (Phi) is 5.38. The fourth-order valence-corrected chi connectivity index (χ4v) is 4.66. The summed E-state index contributed by atoms with van der Waals surface area (Å²) < 4.78 is 0. The summed E-state index contributed by atoms with van der Waals surface area (Å²) in [5.41, 5.74) is 0. The van der Waals surface area contributed by atoms with E-state index in [1.807, 2.05) is 0 Å². The molecule has 0 N–H and O–H groups in total. The molecule has 0 saturated heterocycles. The highest BCUT2D eigenvalue weighted by Crippen LogP contribution is 2.43. The van der Waals surface area contributed by atoms with Crippen molar-refractivity contribution in [2.75, 3.05) is 0 Å². The lowest BCUT2D eigenvalue weighted by Crippen LogP contribution is -2.30. The second-order valence-electron chi connectivity index (χ2n) is 6.67. The Hall–Kier alpha value is 0. The van der Waals surface area contributed by atoms with Crippen LogP contribution in [0.2, 0.25) is 0 Å². The summed E-state index contributed by atoms with van der Waals surface area (Å²) in [5.74, 6) is 4.31. The van der Waals surface area contributed by atoms with Crippen LogP contribution in [-0.2, 0) is 0 Å². The van der Waals surface area contributed by atoms with E-state index in [1.165, 1.54) is 51.4 Å². The third-order valence-corrected chi connectivity index (χ3v) is 5.74. The van der Waals surface area contributed by atoms with Gasteiger partial charge in [-0.15, -0.1) is 0 Å². The summed E-state index contributed by atoms with van der Waals surface area (Å²) in [7, 11) is 0. The van der Waals surface area contributed by atoms with Gasteiger partial charge < -0.3 is 0 Å². The summed E-state index contributed by atoms with van der Waals surface area (Å²) in [6.07, 6.45) is 16.7. The average molecular weight is 236 g/mol. The van der Waals surface area contributed by atoms with E-state index in [9.17, 15) is 0 Å². The topological polar surface area (TPSA) is 0 Å². The molecule has 100 valence electrons. The van der Waals surface area contributed by atoms with Crippen LogP contribution in [0.25, 0.3) is 0 Å². The zero-order valence-electron chi connectivity index (χ0n) is 12.1. The highest BCUT2D eigenvalue weighted by molar-refractivity contribution is 4.83. The SMILES string of the molecule is CCC1CCCC(CC)C1CC1CCCCC1. The van der Waals surface area contributed by atoms with Gasteiger partial charge in [0.2, 0.25) is 0 Å². The Morgan fingerprint density at radius 3 is 1.82 bits per heavy atom. The summed E-state index contributed by atoms with van der Waals surface area (Å²) in [5, 5.41) is 0. The van der Waals surface area contributed by atoms with Crippen LogP contribution in [0.4, 0.5) is 0 Å². The molecule has 0 heteroatoms. The highest BCUT2D eigenvalue weighted by atomic mass is 14.4. The second kappa shape index (κ2) is 6.81. The van der Waals surface area contributed by atoms with Crippen molar-refractivity contribution in [2.24, 2.45) is 23.7 Å². The molecule has 0 aromatic carbocycles. The lowest BCUT2D eigenvalue weighted by Gasteiger charge is -2.40. The standard InChI is InChI=1S/C17H32/c1-3-15-11-8-12-16(4-2)17(15)13-14-9-6-5-7-10-14/h14-17H,3-13H2,1-2H3. The molecule has 0 aromatic heterocycles. The van der Waals surface area contributed by atoms with Gasteiger partial charge in [-0.25, -0.2) is 0 Å². The molecule has 0 spiro atoms. The molecule has 2 saturated carbocycles. The molecule has 2 fully saturated rings. The zero-order valence-corrected chi connectivity index (χ0v) is 12.1. The van der Waals surface area contributed by atoms with E-state index >= 15 is 0 Å². The van der Waals surface area contributed by atoms with Crippen LogP contribution in [0.3, 0.4) is 0 Å². The molecule has 0 aromatic rings. The van der Waals surface area contributed by atoms with Crippen LogP contribution >= 0.6 is 0 Å². The molecule has 0 aliphatic heterocycles. The monoisotopic (exact) mass is 236 g/mol. The fraction of sp³-hybridized carbons (Fsp3) is 1.00. The van der Waals surface area contributed by atoms with Crippen molar-refractivity contribution in [3.63, 3.8) is 0 Å². The van der Waals surface area contributed by atoms with Crippen molar-refractivity contribution in [1.82, 2.24) is 0 Å². The van der Waals surface area contributed by atoms with Gasteiger partial charge >= 0.3 is 0 Å². The number of rotatable bonds is 4. The van der Waals surface area contributed by atoms with Crippen LogP contribution in [-0.4, -0.2) is 0 Å². The van der Waals surface area contributed by atoms with Gasteiger partial charge in [-0.05, 0) is 30.1 Å². The van der Waals surface area contributed by atoms with E-state index < -0.39 is 0 Å². The van der Waals surface area contributed by atoms with E-state index in [1.54, 1.807) is 19.3 Å². The van der Waals surface area contributed by atoms with Gasteiger partial charge in [0.05, 0.1) is 0 Å². The van der Waals surface area contributed by atoms with Crippen molar-refractivity contribution >= 4 is 0 Å². The first kappa shape index (κ1) is 13.4. The number of hydrogen-bond donors (Lipinski definition) is 0. The first-order valence-electron chi connectivity index (χ1n) is 8.35. The van der Waals surface area contributed by atoms with Crippen LogP contribution < -0.4 is 0 Å². The van der Waals surface area contributed by atoms with Crippen LogP contribution in [0.15, 0.2) is 0 Å². The molecule has 17 heavy (non-hydrogen) atoms. The summed E-state index contributed by atoms with van der Waals surface area (Å²) in [6, 6.07) is 0. The molecule has 2 aliphatic rings. The first-order valence-corrected chi connectivity index (χ1v) is 8.35. The van der Waals surface area contributed by atoms with Gasteiger partial charge in [-0.3, -0.25) is 0 Å². The number of hydrogen-bond acceptors (Lipinski definition) is 0. The Labute approximate surface area is 109 Å². The van der Waals surface area contributed by atoms with Crippen molar-refractivity contribution < 1.29 is 0 Å². The minimum Gasteiger partial charge on any atom is -0.0651 e.